The van der Waals surface area contributed by atoms with Crippen molar-refractivity contribution in [2.75, 3.05) is 26.2 Å². The fourth-order valence-electron chi connectivity index (χ4n) is 3.56. The second-order valence-electron chi connectivity index (χ2n) is 6.84. The number of hydrogen-bond donors (Lipinski definition) is 1. The number of nitrogens with zero attached hydrogens (tertiary/aromatic N) is 1. The molecule has 1 aliphatic rings. The smallest absolute Gasteiger partial charge is 0.0355 e. The molecule has 0 aliphatic carbocycles. The Hall–Kier alpha value is -1.38. The molecule has 1 heterocycles. The summed E-state index contributed by atoms with van der Waals surface area (Å²) in [6.07, 6.45) is 2.55. The first-order valence-electron chi connectivity index (χ1n) is 8.68. The molecule has 0 amide bonds. The summed E-state index contributed by atoms with van der Waals surface area (Å²) < 4.78 is 0. The van der Waals surface area contributed by atoms with Gasteiger partial charge in [-0.15, -0.1) is 0 Å². The van der Waals surface area contributed by atoms with Gasteiger partial charge < -0.3 is 5.32 Å². The maximum atomic E-state index is 3.48. The van der Waals surface area contributed by atoms with Crippen molar-refractivity contribution in [2.45, 2.75) is 32.7 Å². The van der Waals surface area contributed by atoms with Crippen LogP contribution in [0.25, 0.3) is 10.8 Å². The molecule has 1 aliphatic heterocycles. The minimum Gasteiger partial charge on any atom is -0.314 e. The molecule has 2 aromatic carbocycles. The number of fused-ring (bicyclic) bond motifs is 1. The van der Waals surface area contributed by atoms with Crippen molar-refractivity contribution in [1.82, 2.24) is 10.2 Å². The van der Waals surface area contributed by atoms with E-state index in [1.165, 1.54) is 29.2 Å². The zero-order valence-corrected chi connectivity index (χ0v) is 13.9. The van der Waals surface area contributed by atoms with Gasteiger partial charge in [-0.3, -0.25) is 4.90 Å². The average molecular weight is 296 g/mol. The van der Waals surface area contributed by atoms with Crippen LogP contribution in [0.1, 0.15) is 38.3 Å². The van der Waals surface area contributed by atoms with Crippen molar-refractivity contribution in [2.24, 2.45) is 5.92 Å². The topological polar surface area (TPSA) is 15.3 Å². The molecule has 0 saturated carbocycles. The normalized spacial score (nSPS) is 18.0. The third-order valence-corrected chi connectivity index (χ3v) is 4.79. The van der Waals surface area contributed by atoms with Crippen molar-refractivity contribution in [3.8, 4) is 0 Å². The van der Waals surface area contributed by atoms with Crippen molar-refractivity contribution < 1.29 is 0 Å². The predicted molar refractivity (Wildman–Crippen MR) is 95.2 cm³/mol. The van der Waals surface area contributed by atoms with E-state index in [0.717, 1.165) is 32.1 Å². The molecule has 1 fully saturated rings. The highest BCUT2D eigenvalue weighted by Crippen LogP contribution is 2.32. The summed E-state index contributed by atoms with van der Waals surface area (Å²) in [5.41, 5.74) is 1.51. The van der Waals surface area contributed by atoms with Gasteiger partial charge >= 0.3 is 0 Å². The first kappa shape index (κ1) is 15.5. The lowest BCUT2D eigenvalue weighted by molar-refractivity contribution is 0.161. The summed E-state index contributed by atoms with van der Waals surface area (Å²) in [5.74, 6) is 0.764. The van der Waals surface area contributed by atoms with E-state index in [4.69, 9.17) is 0 Å². The van der Waals surface area contributed by atoms with Crippen molar-refractivity contribution in [1.29, 1.82) is 0 Å². The largest absolute Gasteiger partial charge is 0.314 e. The second kappa shape index (κ2) is 7.26. The fraction of sp³-hybridized carbons (Fsp3) is 0.500. The number of benzene rings is 2. The summed E-state index contributed by atoms with van der Waals surface area (Å²) >= 11 is 0. The summed E-state index contributed by atoms with van der Waals surface area (Å²) in [6, 6.07) is 16.2. The number of rotatable bonds is 5. The van der Waals surface area contributed by atoms with E-state index in [0.29, 0.717) is 6.04 Å². The van der Waals surface area contributed by atoms with E-state index in [2.05, 4.69) is 66.5 Å². The molecule has 0 aromatic heterocycles. The lowest BCUT2D eigenvalue weighted by Gasteiger charge is -2.36. The first-order valence-corrected chi connectivity index (χ1v) is 8.68. The summed E-state index contributed by atoms with van der Waals surface area (Å²) in [4.78, 5) is 2.68. The van der Waals surface area contributed by atoms with Gasteiger partial charge in [0.05, 0.1) is 0 Å². The van der Waals surface area contributed by atoms with Gasteiger partial charge in [-0.25, -0.2) is 0 Å². The Kier molecular flexibility index (Phi) is 5.12. The number of piperazine rings is 1. The number of nitrogens with one attached hydrogen (secondary N) is 1. The highest BCUT2D eigenvalue weighted by Gasteiger charge is 2.23. The van der Waals surface area contributed by atoms with Crippen LogP contribution in [-0.4, -0.2) is 31.1 Å². The predicted octanol–water partition coefficient (Wildman–Crippen LogP) is 4.22. The summed E-state index contributed by atoms with van der Waals surface area (Å²) in [6.45, 7) is 9.21. The number of hydrogen-bond acceptors (Lipinski definition) is 2. The zero-order chi connectivity index (χ0) is 15.4. The highest BCUT2D eigenvalue weighted by molar-refractivity contribution is 5.86. The molecular formula is C20H28N2. The van der Waals surface area contributed by atoms with Gasteiger partial charge in [-0.1, -0.05) is 56.3 Å². The minimum absolute atomic E-state index is 0.551. The Morgan fingerprint density at radius 1 is 0.955 bits per heavy atom. The van der Waals surface area contributed by atoms with Crippen LogP contribution in [0.5, 0.6) is 0 Å². The molecule has 1 saturated heterocycles. The van der Waals surface area contributed by atoms with E-state index in [1.807, 2.05) is 0 Å². The molecule has 3 rings (SSSR count). The van der Waals surface area contributed by atoms with Crippen LogP contribution >= 0.6 is 0 Å². The van der Waals surface area contributed by atoms with Crippen molar-refractivity contribution >= 4 is 10.8 Å². The third kappa shape index (κ3) is 3.50. The lowest BCUT2D eigenvalue weighted by Crippen LogP contribution is -2.45. The second-order valence-corrected chi connectivity index (χ2v) is 6.84. The van der Waals surface area contributed by atoms with Crippen LogP contribution in [0.15, 0.2) is 42.5 Å². The molecule has 1 atom stereocenters. The molecule has 22 heavy (non-hydrogen) atoms. The molecule has 2 heteroatoms. The van der Waals surface area contributed by atoms with Crippen molar-refractivity contribution in [3.63, 3.8) is 0 Å². The van der Waals surface area contributed by atoms with Crippen LogP contribution in [0.4, 0.5) is 0 Å². The molecule has 2 nitrogen and oxygen atoms in total. The monoisotopic (exact) mass is 296 g/mol. The molecule has 0 radical (unpaired) electrons. The molecule has 0 spiro atoms. The van der Waals surface area contributed by atoms with E-state index in [1.54, 1.807) is 0 Å². The Morgan fingerprint density at radius 2 is 1.68 bits per heavy atom. The Bertz CT molecular complexity index is 594. The lowest BCUT2D eigenvalue weighted by atomic mass is 9.92. The van der Waals surface area contributed by atoms with E-state index >= 15 is 0 Å². The van der Waals surface area contributed by atoms with Gasteiger partial charge in [0.1, 0.15) is 0 Å². The van der Waals surface area contributed by atoms with Gasteiger partial charge in [0.15, 0.2) is 0 Å². The Labute approximate surface area is 134 Å². The molecule has 0 bridgehead atoms. The molecule has 1 N–H and O–H groups in total. The van der Waals surface area contributed by atoms with Gasteiger partial charge in [0.2, 0.25) is 0 Å². The van der Waals surface area contributed by atoms with Crippen LogP contribution in [-0.2, 0) is 0 Å². The summed E-state index contributed by atoms with van der Waals surface area (Å²) in [7, 11) is 0. The standard InChI is InChI=1S/C20H28N2/c1-16(2)10-11-20(22-14-12-21-13-15-22)19-9-5-7-17-6-3-4-8-18(17)19/h3-9,16,20-21H,10-15H2,1-2H3/t20-/m0/s1. The zero-order valence-electron chi connectivity index (χ0n) is 13.9. The quantitative estimate of drug-likeness (QED) is 0.888. The Balaban J connectivity index is 1.95. The van der Waals surface area contributed by atoms with Crippen LogP contribution in [0, 0.1) is 5.92 Å². The minimum atomic E-state index is 0.551. The first-order chi connectivity index (χ1) is 10.8. The van der Waals surface area contributed by atoms with Gasteiger partial charge in [0, 0.05) is 32.2 Å². The summed E-state index contributed by atoms with van der Waals surface area (Å²) in [5, 5.41) is 6.27. The molecular weight excluding hydrogens is 268 g/mol. The van der Waals surface area contributed by atoms with E-state index in [-0.39, 0.29) is 0 Å². The van der Waals surface area contributed by atoms with Gasteiger partial charge in [0.25, 0.3) is 0 Å². The SMILES string of the molecule is CC(C)CC[C@@H](c1cccc2ccccc12)N1CCNCC1. The van der Waals surface area contributed by atoms with Crippen LogP contribution in [0.2, 0.25) is 0 Å². The van der Waals surface area contributed by atoms with Gasteiger partial charge in [-0.2, -0.15) is 0 Å². The van der Waals surface area contributed by atoms with Crippen molar-refractivity contribution in [3.05, 3.63) is 48.0 Å². The molecule has 2 aromatic rings. The molecule has 118 valence electrons. The maximum Gasteiger partial charge on any atom is 0.0355 e. The Morgan fingerprint density at radius 3 is 2.45 bits per heavy atom. The van der Waals surface area contributed by atoms with E-state index in [9.17, 15) is 0 Å². The average Bonchev–Trinajstić information content (AvgIpc) is 2.56. The van der Waals surface area contributed by atoms with Gasteiger partial charge in [-0.05, 0) is 35.1 Å². The third-order valence-electron chi connectivity index (χ3n) is 4.79. The molecule has 0 unspecified atom stereocenters. The highest BCUT2D eigenvalue weighted by atomic mass is 15.2. The van der Waals surface area contributed by atoms with Crippen LogP contribution < -0.4 is 5.32 Å². The fourth-order valence-corrected chi connectivity index (χ4v) is 3.56. The van der Waals surface area contributed by atoms with Crippen LogP contribution in [0.3, 0.4) is 0 Å². The maximum absolute atomic E-state index is 3.48. The van der Waals surface area contributed by atoms with E-state index < -0.39 is 0 Å².